The van der Waals surface area contributed by atoms with Crippen molar-refractivity contribution in [2.45, 2.75) is 37.6 Å². The van der Waals surface area contributed by atoms with E-state index in [9.17, 15) is 22.8 Å². The lowest BCUT2D eigenvalue weighted by molar-refractivity contribution is -0.274. The third kappa shape index (κ3) is 5.77. The highest BCUT2D eigenvalue weighted by Crippen LogP contribution is 2.46. The lowest BCUT2D eigenvalue weighted by Gasteiger charge is -2.39. The fourth-order valence-corrected chi connectivity index (χ4v) is 6.85. The van der Waals surface area contributed by atoms with E-state index in [2.05, 4.69) is 83.7 Å². The Kier molecular flexibility index (Phi) is 8.27. The molecule has 0 radical (unpaired) electrons. The van der Waals surface area contributed by atoms with Crippen LogP contribution in [0.15, 0.2) is 66.9 Å². The van der Waals surface area contributed by atoms with E-state index in [-0.39, 0.29) is 5.69 Å². The van der Waals surface area contributed by atoms with E-state index in [0.717, 1.165) is 17.0 Å². The summed E-state index contributed by atoms with van der Waals surface area (Å²) in [7, 11) is 0. The van der Waals surface area contributed by atoms with E-state index < -0.39 is 41.4 Å². The molecule has 3 aromatic rings. The van der Waals surface area contributed by atoms with Gasteiger partial charge in [0, 0.05) is 11.8 Å². The molecule has 0 saturated carbocycles. The molecule has 3 heterocycles. The monoisotopic (exact) mass is 782 g/mol. The fourth-order valence-electron chi connectivity index (χ4n) is 4.55. The summed E-state index contributed by atoms with van der Waals surface area (Å²) in [5.74, 6) is -2.19. The van der Waals surface area contributed by atoms with Crippen molar-refractivity contribution in [1.82, 2.24) is 15.3 Å². The predicted octanol–water partition coefficient (Wildman–Crippen LogP) is 7.83. The summed E-state index contributed by atoms with van der Waals surface area (Å²) in [6, 6.07) is 10.9. The van der Waals surface area contributed by atoms with Gasteiger partial charge in [-0.15, -0.1) is 13.2 Å². The van der Waals surface area contributed by atoms with Gasteiger partial charge in [0.1, 0.15) is 29.7 Å². The molecule has 1 aromatic carbocycles. The summed E-state index contributed by atoms with van der Waals surface area (Å²) >= 11 is 13.5. The largest absolute Gasteiger partial charge is 0.573 e. The molecule has 3 amide bonds. The topological polar surface area (TPSA) is 84.4 Å². The van der Waals surface area contributed by atoms with Crippen LogP contribution in [0.25, 0.3) is 0 Å². The van der Waals surface area contributed by atoms with E-state index in [1.807, 2.05) is 13.8 Å². The molecular weight excluding hydrogens is 769 g/mol. The first kappa shape index (κ1) is 29.0. The molecule has 2 aromatic heterocycles. The quantitative estimate of drug-likeness (QED) is 0.204. The lowest BCUT2D eigenvalue weighted by atomic mass is 9.70. The number of carbonyl (C=O) groups excluding carboxylic acids is 2. The number of amides is 3. The van der Waals surface area contributed by atoms with Crippen LogP contribution in [0.5, 0.6) is 5.75 Å². The fraction of sp³-hybridized carbons (Fsp3) is 0.250. The molecule has 1 fully saturated rings. The van der Waals surface area contributed by atoms with E-state index >= 15 is 0 Å². The molecule has 0 spiro atoms. The van der Waals surface area contributed by atoms with Gasteiger partial charge in [-0.3, -0.25) is 4.79 Å². The molecule has 0 bridgehead atoms. The maximum absolute atomic E-state index is 14.3. The average Bonchev–Trinajstić information content (AvgIpc) is 3.07. The minimum Gasteiger partial charge on any atom is -0.406 e. The molecule has 1 aliphatic heterocycles. The van der Waals surface area contributed by atoms with Crippen LogP contribution in [-0.2, 0) is 4.79 Å². The molecule has 38 heavy (non-hydrogen) atoms. The number of halogens is 7. The van der Waals surface area contributed by atoms with Gasteiger partial charge >= 0.3 is 12.4 Å². The third-order valence-corrected chi connectivity index (χ3v) is 7.96. The second kappa shape index (κ2) is 10.9. The minimum absolute atomic E-state index is 0.0949. The van der Waals surface area contributed by atoms with Crippen LogP contribution >= 0.6 is 63.7 Å². The van der Waals surface area contributed by atoms with E-state index in [1.165, 1.54) is 12.1 Å². The number of urea groups is 1. The zero-order chi connectivity index (χ0) is 28.0. The molecule has 14 heteroatoms. The Balaban J connectivity index is 1.83. The number of hydrogen-bond acceptors (Lipinski definition) is 5. The van der Waals surface area contributed by atoms with Crippen molar-refractivity contribution in [1.29, 1.82) is 0 Å². The number of alkyl halides is 3. The van der Waals surface area contributed by atoms with Gasteiger partial charge < -0.3 is 10.1 Å². The van der Waals surface area contributed by atoms with E-state index in [4.69, 9.17) is 0 Å². The Bertz CT molecular complexity index is 1310. The number of nitrogens with zero attached hydrogens (tertiary/aromatic N) is 3. The van der Waals surface area contributed by atoms with Gasteiger partial charge in [-0.2, -0.15) is 0 Å². The predicted molar refractivity (Wildman–Crippen MR) is 148 cm³/mol. The Morgan fingerprint density at radius 1 is 0.842 bits per heavy atom. The van der Waals surface area contributed by atoms with Gasteiger partial charge in [-0.25, -0.2) is 19.7 Å². The summed E-state index contributed by atoms with van der Waals surface area (Å²) in [4.78, 5) is 37.1. The molecule has 200 valence electrons. The van der Waals surface area contributed by atoms with Crippen molar-refractivity contribution >= 4 is 81.3 Å². The molecule has 1 N–H and O–H groups in total. The highest BCUT2D eigenvalue weighted by molar-refractivity contribution is 9.11. The Hall–Kier alpha value is -2.03. The van der Waals surface area contributed by atoms with E-state index in [1.54, 1.807) is 24.3 Å². The molecule has 1 aliphatic rings. The van der Waals surface area contributed by atoms with Crippen LogP contribution in [0.3, 0.4) is 0 Å². The number of ether oxygens (including phenoxy) is 1. The molecule has 2 atom stereocenters. The van der Waals surface area contributed by atoms with Gasteiger partial charge in [-0.05, 0) is 123 Å². The summed E-state index contributed by atoms with van der Waals surface area (Å²) in [5.41, 5.74) is 0.0282. The lowest BCUT2D eigenvalue weighted by Crippen LogP contribution is -2.55. The average molecular weight is 786 g/mol. The van der Waals surface area contributed by atoms with Crippen molar-refractivity contribution < 1.29 is 27.5 Å². The second-order valence-corrected chi connectivity index (χ2v) is 11.8. The highest BCUT2D eigenvalue weighted by Gasteiger charge is 2.58. The van der Waals surface area contributed by atoms with Gasteiger partial charge in [0.25, 0.3) is 5.91 Å². The van der Waals surface area contributed by atoms with Crippen LogP contribution in [0.1, 0.15) is 36.8 Å². The van der Waals surface area contributed by atoms with Crippen molar-refractivity contribution in [3.8, 4) is 5.75 Å². The molecule has 4 rings (SSSR count). The number of anilines is 1. The number of pyridine rings is 2. The maximum atomic E-state index is 14.3. The summed E-state index contributed by atoms with van der Waals surface area (Å²) in [5, 5.41) is 2.92. The first-order chi connectivity index (χ1) is 17.7. The summed E-state index contributed by atoms with van der Waals surface area (Å²) in [6.45, 7) is 3.63. The van der Waals surface area contributed by atoms with Crippen molar-refractivity contribution in [2.75, 3.05) is 4.90 Å². The van der Waals surface area contributed by atoms with E-state index in [0.29, 0.717) is 29.5 Å². The molecule has 2 unspecified atom stereocenters. The van der Waals surface area contributed by atoms with Crippen LogP contribution in [0.2, 0.25) is 0 Å². The number of benzene rings is 1. The van der Waals surface area contributed by atoms with Crippen LogP contribution < -0.4 is 15.0 Å². The standard InChI is InChI=1S/C24H17Br4F3N4O3/c1-11(13-7-17(25)32-18(26)8-13)23(12(2)14-9-19(27)33-20(28)10-14)21(36)35(22(37)34-23)15-3-5-16(6-4-15)38-24(29,30)31/h3-12H,1-2H3,(H,34,37). The Labute approximate surface area is 249 Å². The molecule has 0 aliphatic carbocycles. The SMILES string of the molecule is CC(c1cc(Br)nc(Br)c1)C1(C(C)c2cc(Br)nc(Br)c2)NC(=O)N(c2ccc(OC(F)(F)F)cc2)C1=O. The van der Waals surface area contributed by atoms with Crippen molar-refractivity contribution in [3.05, 3.63) is 78.1 Å². The highest BCUT2D eigenvalue weighted by atomic mass is 79.9. The minimum atomic E-state index is -4.87. The van der Waals surface area contributed by atoms with Crippen molar-refractivity contribution in [3.63, 3.8) is 0 Å². The second-order valence-electron chi connectivity index (χ2n) is 8.52. The normalized spacial score (nSPS) is 19.3. The Morgan fingerprint density at radius 2 is 1.26 bits per heavy atom. The number of carbonyl (C=O) groups is 2. The smallest absolute Gasteiger partial charge is 0.406 e. The van der Waals surface area contributed by atoms with Crippen LogP contribution in [0, 0.1) is 0 Å². The molecule has 7 nitrogen and oxygen atoms in total. The third-order valence-electron chi connectivity index (χ3n) is 6.34. The van der Waals surface area contributed by atoms with Crippen LogP contribution in [-0.4, -0.2) is 33.8 Å². The van der Waals surface area contributed by atoms with Gasteiger partial charge in [0.05, 0.1) is 5.69 Å². The maximum Gasteiger partial charge on any atom is 0.573 e. The first-order valence-corrected chi connectivity index (χ1v) is 14.1. The number of rotatable bonds is 6. The summed E-state index contributed by atoms with van der Waals surface area (Å²) < 4.78 is 43.9. The number of hydrogen-bond donors (Lipinski definition) is 1. The molecular formula is C24H17Br4F3N4O3. The van der Waals surface area contributed by atoms with Gasteiger partial charge in [0.2, 0.25) is 0 Å². The van der Waals surface area contributed by atoms with Crippen molar-refractivity contribution in [2.24, 2.45) is 0 Å². The number of aromatic nitrogens is 2. The number of nitrogens with one attached hydrogen (secondary N) is 1. The summed E-state index contributed by atoms with van der Waals surface area (Å²) in [6.07, 6.45) is -4.87. The van der Waals surface area contributed by atoms with Crippen LogP contribution in [0.4, 0.5) is 23.7 Å². The zero-order valence-corrected chi connectivity index (χ0v) is 25.8. The molecule has 1 saturated heterocycles. The Morgan fingerprint density at radius 3 is 1.66 bits per heavy atom. The first-order valence-electron chi connectivity index (χ1n) is 10.9. The number of imide groups is 1. The van der Waals surface area contributed by atoms with Gasteiger partial charge in [0.15, 0.2) is 0 Å². The van der Waals surface area contributed by atoms with Gasteiger partial charge in [-0.1, -0.05) is 13.8 Å². The zero-order valence-electron chi connectivity index (χ0n) is 19.5.